The summed E-state index contributed by atoms with van der Waals surface area (Å²) in [7, 11) is 1.15. The molecule has 2 rings (SSSR count). The molecule has 0 amide bonds. The Morgan fingerprint density at radius 2 is 2.05 bits per heavy atom. The summed E-state index contributed by atoms with van der Waals surface area (Å²) in [4.78, 5) is 13.6. The fraction of sp³-hybridized carbons (Fsp3) is 0.500. The normalized spacial score (nSPS) is 16.1. The second-order valence-corrected chi connectivity index (χ2v) is 4.77. The van der Waals surface area contributed by atoms with E-state index in [1.54, 1.807) is 0 Å². The number of halogens is 2. The SMILES string of the molecule is COC(=O)c1cc(CCN2CCNCC2)cc(F)c1F. The third-order valence-electron chi connectivity index (χ3n) is 3.42. The molecule has 1 aromatic carbocycles. The third kappa shape index (κ3) is 3.52. The molecule has 1 N–H and O–H groups in total. The Bertz CT molecular complexity index is 488. The van der Waals surface area contributed by atoms with E-state index in [2.05, 4.69) is 15.0 Å². The number of hydrogen-bond acceptors (Lipinski definition) is 4. The molecule has 110 valence electrons. The summed E-state index contributed by atoms with van der Waals surface area (Å²) >= 11 is 0. The van der Waals surface area contributed by atoms with E-state index >= 15 is 0 Å². The Morgan fingerprint density at radius 3 is 2.70 bits per heavy atom. The molecule has 0 spiro atoms. The highest BCUT2D eigenvalue weighted by atomic mass is 19.2. The third-order valence-corrected chi connectivity index (χ3v) is 3.42. The molecule has 0 aliphatic carbocycles. The number of rotatable bonds is 4. The van der Waals surface area contributed by atoms with Gasteiger partial charge in [-0.3, -0.25) is 0 Å². The van der Waals surface area contributed by atoms with E-state index in [1.807, 2.05) is 0 Å². The Kier molecular flexibility index (Phi) is 5.03. The average Bonchev–Trinajstić information content (AvgIpc) is 2.48. The van der Waals surface area contributed by atoms with Gasteiger partial charge in [0.15, 0.2) is 11.6 Å². The van der Waals surface area contributed by atoms with E-state index in [-0.39, 0.29) is 5.56 Å². The van der Waals surface area contributed by atoms with Crippen LogP contribution in [0.3, 0.4) is 0 Å². The van der Waals surface area contributed by atoms with Crippen LogP contribution in [0.2, 0.25) is 0 Å². The maximum Gasteiger partial charge on any atom is 0.340 e. The number of esters is 1. The predicted molar refractivity (Wildman–Crippen MR) is 70.7 cm³/mol. The average molecular weight is 284 g/mol. The largest absolute Gasteiger partial charge is 0.465 e. The van der Waals surface area contributed by atoms with Gasteiger partial charge in [-0.25, -0.2) is 13.6 Å². The zero-order valence-electron chi connectivity index (χ0n) is 11.4. The lowest BCUT2D eigenvalue weighted by atomic mass is 10.1. The van der Waals surface area contributed by atoms with Gasteiger partial charge in [0, 0.05) is 32.7 Å². The number of nitrogens with one attached hydrogen (secondary N) is 1. The highest BCUT2D eigenvalue weighted by molar-refractivity contribution is 5.89. The quantitative estimate of drug-likeness (QED) is 0.844. The van der Waals surface area contributed by atoms with Crippen LogP contribution >= 0.6 is 0 Å². The fourth-order valence-corrected chi connectivity index (χ4v) is 2.27. The van der Waals surface area contributed by atoms with Crippen molar-refractivity contribution in [3.8, 4) is 0 Å². The molecule has 6 heteroatoms. The first kappa shape index (κ1) is 14.9. The highest BCUT2D eigenvalue weighted by Gasteiger charge is 2.18. The van der Waals surface area contributed by atoms with Crippen molar-refractivity contribution >= 4 is 5.97 Å². The molecule has 1 fully saturated rings. The van der Waals surface area contributed by atoms with Crippen molar-refractivity contribution in [1.29, 1.82) is 0 Å². The minimum Gasteiger partial charge on any atom is -0.465 e. The number of benzene rings is 1. The maximum absolute atomic E-state index is 13.5. The molecule has 1 aliphatic rings. The molecule has 4 nitrogen and oxygen atoms in total. The molecule has 0 aromatic heterocycles. The summed E-state index contributed by atoms with van der Waals surface area (Å²) < 4.78 is 31.5. The molecule has 0 bridgehead atoms. The summed E-state index contributed by atoms with van der Waals surface area (Å²) in [6.07, 6.45) is 0.571. The molecule has 0 radical (unpaired) electrons. The van der Waals surface area contributed by atoms with Crippen LogP contribution in [0.1, 0.15) is 15.9 Å². The lowest BCUT2D eigenvalue weighted by Gasteiger charge is -2.27. The molecule has 0 unspecified atom stereocenters. The molecule has 1 saturated heterocycles. The molecule has 0 saturated carbocycles. The number of carbonyl (C=O) groups excluding carboxylic acids is 1. The molecule has 1 aliphatic heterocycles. The van der Waals surface area contributed by atoms with Gasteiger partial charge in [0.25, 0.3) is 0 Å². The van der Waals surface area contributed by atoms with Gasteiger partial charge in [-0.2, -0.15) is 0 Å². The van der Waals surface area contributed by atoms with Crippen molar-refractivity contribution in [1.82, 2.24) is 10.2 Å². The van der Waals surface area contributed by atoms with E-state index in [0.29, 0.717) is 12.0 Å². The number of ether oxygens (including phenoxy) is 1. The zero-order valence-corrected chi connectivity index (χ0v) is 11.4. The van der Waals surface area contributed by atoms with Gasteiger partial charge in [0.2, 0.25) is 0 Å². The first-order valence-electron chi connectivity index (χ1n) is 6.61. The van der Waals surface area contributed by atoms with Crippen molar-refractivity contribution in [2.45, 2.75) is 6.42 Å². The van der Waals surface area contributed by atoms with Crippen LogP contribution in [-0.2, 0) is 11.2 Å². The standard InChI is InChI=1S/C14H18F2N2O2/c1-20-14(19)11-8-10(9-12(15)13(11)16)2-5-18-6-3-17-4-7-18/h8-9,17H,2-7H2,1H3. The number of hydrogen-bond donors (Lipinski definition) is 1. The minimum atomic E-state index is -1.15. The van der Waals surface area contributed by atoms with Crippen molar-refractivity contribution in [2.75, 3.05) is 39.8 Å². The van der Waals surface area contributed by atoms with Crippen LogP contribution in [0.5, 0.6) is 0 Å². The van der Waals surface area contributed by atoms with E-state index < -0.39 is 17.6 Å². The van der Waals surface area contributed by atoms with Crippen molar-refractivity contribution in [3.63, 3.8) is 0 Å². The van der Waals surface area contributed by atoms with Gasteiger partial charge >= 0.3 is 5.97 Å². The Hall–Kier alpha value is -1.53. The first-order valence-corrected chi connectivity index (χ1v) is 6.61. The van der Waals surface area contributed by atoms with Crippen molar-refractivity contribution in [3.05, 3.63) is 34.9 Å². The number of nitrogens with zero attached hydrogens (tertiary/aromatic N) is 1. The molecule has 1 aromatic rings. The number of methoxy groups -OCH3 is 1. The fourth-order valence-electron chi connectivity index (χ4n) is 2.27. The molecule has 20 heavy (non-hydrogen) atoms. The topological polar surface area (TPSA) is 41.6 Å². The highest BCUT2D eigenvalue weighted by Crippen LogP contribution is 2.17. The second-order valence-electron chi connectivity index (χ2n) is 4.77. The van der Waals surface area contributed by atoms with E-state index in [0.717, 1.165) is 45.9 Å². The van der Waals surface area contributed by atoms with E-state index in [4.69, 9.17) is 0 Å². The first-order chi connectivity index (χ1) is 9.61. The van der Waals surface area contributed by atoms with Crippen LogP contribution in [0.25, 0.3) is 0 Å². The van der Waals surface area contributed by atoms with Crippen LogP contribution in [0, 0.1) is 11.6 Å². The maximum atomic E-state index is 13.5. The smallest absolute Gasteiger partial charge is 0.340 e. The summed E-state index contributed by atoms with van der Waals surface area (Å²) in [6.45, 7) is 4.50. The van der Waals surface area contributed by atoms with Gasteiger partial charge < -0.3 is 15.0 Å². The zero-order chi connectivity index (χ0) is 14.5. The predicted octanol–water partition coefficient (Wildman–Crippen LogP) is 1.20. The van der Waals surface area contributed by atoms with Crippen molar-refractivity contribution in [2.24, 2.45) is 0 Å². The number of piperazine rings is 1. The summed E-state index contributed by atoms with van der Waals surface area (Å²) in [6, 6.07) is 2.51. The van der Waals surface area contributed by atoms with Crippen LogP contribution < -0.4 is 5.32 Å². The summed E-state index contributed by atoms with van der Waals surface area (Å²) in [5, 5.41) is 3.25. The van der Waals surface area contributed by atoms with Gasteiger partial charge in [-0.05, 0) is 24.1 Å². The summed E-state index contributed by atoms with van der Waals surface area (Å²) in [5.74, 6) is -3.02. The van der Waals surface area contributed by atoms with E-state index in [1.165, 1.54) is 6.07 Å². The van der Waals surface area contributed by atoms with Gasteiger partial charge in [0.05, 0.1) is 12.7 Å². The van der Waals surface area contributed by atoms with Crippen molar-refractivity contribution < 1.29 is 18.3 Å². The van der Waals surface area contributed by atoms with Gasteiger partial charge in [-0.15, -0.1) is 0 Å². The lowest BCUT2D eigenvalue weighted by molar-refractivity contribution is 0.0594. The minimum absolute atomic E-state index is 0.345. The summed E-state index contributed by atoms with van der Waals surface area (Å²) in [5.41, 5.74) is 0.255. The van der Waals surface area contributed by atoms with Crippen LogP contribution in [-0.4, -0.2) is 50.7 Å². The monoisotopic (exact) mass is 284 g/mol. The van der Waals surface area contributed by atoms with Crippen LogP contribution in [0.4, 0.5) is 8.78 Å². The van der Waals surface area contributed by atoms with Gasteiger partial charge in [0.1, 0.15) is 0 Å². The Labute approximate surface area is 116 Å². The second kappa shape index (κ2) is 6.76. The Balaban J connectivity index is 2.07. The molecule has 1 heterocycles. The van der Waals surface area contributed by atoms with Crippen LogP contribution in [0.15, 0.2) is 12.1 Å². The Morgan fingerprint density at radius 1 is 1.35 bits per heavy atom. The number of carbonyl (C=O) groups is 1. The molecular weight excluding hydrogens is 266 g/mol. The molecule has 0 atom stereocenters. The van der Waals surface area contributed by atoms with Gasteiger partial charge in [-0.1, -0.05) is 0 Å². The van der Waals surface area contributed by atoms with E-state index in [9.17, 15) is 13.6 Å². The molecular formula is C14H18F2N2O2. The lowest BCUT2D eigenvalue weighted by Crippen LogP contribution is -2.44.